The molecule has 3 aromatic rings. The van der Waals surface area contributed by atoms with Crippen molar-refractivity contribution in [1.29, 1.82) is 0 Å². The number of benzene rings is 1. The third-order valence-corrected chi connectivity index (χ3v) is 5.15. The van der Waals surface area contributed by atoms with Crippen LogP contribution in [-0.2, 0) is 20.5 Å². The van der Waals surface area contributed by atoms with Crippen LogP contribution in [0.15, 0.2) is 27.8 Å². The number of aromatic hydroxyl groups is 1. The van der Waals surface area contributed by atoms with Gasteiger partial charge in [-0.15, -0.1) is 0 Å². The summed E-state index contributed by atoms with van der Waals surface area (Å²) in [6, 6.07) is 5.64. The summed E-state index contributed by atoms with van der Waals surface area (Å²) in [5.41, 5.74) is 3.36. The lowest BCUT2D eigenvalue weighted by Crippen LogP contribution is -2.42. The smallest absolute Gasteiger partial charge is 0.333 e. The van der Waals surface area contributed by atoms with Crippen LogP contribution < -0.4 is 16.6 Å². The predicted octanol–water partition coefficient (Wildman–Crippen LogP) is 0.814. The number of para-hydroxylation sites is 1. The Morgan fingerprint density at radius 2 is 1.96 bits per heavy atom. The molecule has 0 aliphatic carbocycles. The second kappa shape index (κ2) is 5.35. The molecule has 7 nitrogen and oxygen atoms in total. The van der Waals surface area contributed by atoms with E-state index in [2.05, 4.69) is 16.4 Å². The lowest BCUT2D eigenvalue weighted by atomic mass is 9.95. The van der Waals surface area contributed by atoms with Crippen LogP contribution in [0.4, 0.5) is 0 Å². The van der Waals surface area contributed by atoms with Gasteiger partial charge in [0.05, 0.1) is 6.04 Å². The zero-order chi connectivity index (χ0) is 17.9. The van der Waals surface area contributed by atoms with Crippen LogP contribution in [0.3, 0.4) is 0 Å². The topological polar surface area (TPSA) is 92.0 Å². The van der Waals surface area contributed by atoms with Crippen molar-refractivity contribution in [3.8, 4) is 5.88 Å². The normalized spacial score (nSPS) is 17.0. The fourth-order valence-electron chi connectivity index (χ4n) is 3.76. The Morgan fingerprint density at radius 3 is 2.72 bits per heavy atom. The molecule has 7 heteroatoms. The molecule has 3 heterocycles. The predicted molar refractivity (Wildman–Crippen MR) is 95.2 cm³/mol. The summed E-state index contributed by atoms with van der Waals surface area (Å²) >= 11 is 0. The SMILES string of the molecule is Cc1cccc2c3c([nH]c12)C(c1c(O)n(C)c(=O)n(C)c1=O)NCC3. The van der Waals surface area contributed by atoms with E-state index in [1.54, 1.807) is 0 Å². The number of rotatable bonds is 1. The highest BCUT2D eigenvalue weighted by Gasteiger charge is 2.31. The number of aryl methyl sites for hydroxylation is 1. The molecule has 0 fully saturated rings. The van der Waals surface area contributed by atoms with Gasteiger partial charge < -0.3 is 15.4 Å². The third-order valence-electron chi connectivity index (χ3n) is 5.15. The van der Waals surface area contributed by atoms with E-state index in [0.29, 0.717) is 6.54 Å². The first-order chi connectivity index (χ1) is 11.9. The second-order valence-corrected chi connectivity index (χ2v) is 6.59. The molecule has 130 valence electrons. The van der Waals surface area contributed by atoms with E-state index >= 15 is 0 Å². The highest BCUT2D eigenvalue weighted by molar-refractivity contribution is 5.88. The largest absolute Gasteiger partial charge is 0.494 e. The highest BCUT2D eigenvalue weighted by Crippen LogP contribution is 2.35. The monoisotopic (exact) mass is 340 g/mol. The van der Waals surface area contributed by atoms with E-state index in [1.807, 2.05) is 19.1 Å². The quantitative estimate of drug-likeness (QED) is 0.611. The zero-order valence-corrected chi connectivity index (χ0v) is 14.4. The third kappa shape index (κ3) is 2.09. The highest BCUT2D eigenvalue weighted by atomic mass is 16.3. The minimum atomic E-state index is -0.547. The number of aromatic nitrogens is 3. The molecule has 1 aromatic carbocycles. The van der Waals surface area contributed by atoms with Crippen molar-refractivity contribution in [3.63, 3.8) is 0 Å². The van der Waals surface area contributed by atoms with Gasteiger partial charge >= 0.3 is 5.69 Å². The first-order valence-electron chi connectivity index (χ1n) is 8.24. The Morgan fingerprint density at radius 1 is 1.20 bits per heavy atom. The molecule has 4 rings (SSSR count). The molecule has 1 atom stereocenters. The standard InChI is InChI=1S/C18H20N4O3/c1-9-5-4-6-10-11-7-8-19-15(14(11)20-13(9)10)12-16(23)21(2)18(25)22(3)17(12)24/h4-6,15,19-20,23H,7-8H2,1-3H3. The van der Waals surface area contributed by atoms with Crippen molar-refractivity contribution in [2.45, 2.75) is 19.4 Å². The van der Waals surface area contributed by atoms with Gasteiger partial charge in [-0.2, -0.15) is 0 Å². The van der Waals surface area contributed by atoms with Crippen molar-refractivity contribution in [1.82, 2.24) is 19.4 Å². The summed E-state index contributed by atoms with van der Waals surface area (Å²) in [4.78, 5) is 28.1. The van der Waals surface area contributed by atoms with Crippen LogP contribution in [-0.4, -0.2) is 25.8 Å². The van der Waals surface area contributed by atoms with Gasteiger partial charge in [0.1, 0.15) is 5.56 Å². The lowest BCUT2D eigenvalue weighted by molar-refractivity contribution is 0.391. The summed E-state index contributed by atoms with van der Waals surface area (Å²) in [6.45, 7) is 2.72. The van der Waals surface area contributed by atoms with E-state index in [1.165, 1.54) is 14.1 Å². The number of hydrogen-bond donors (Lipinski definition) is 3. The second-order valence-electron chi connectivity index (χ2n) is 6.59. The van der Waals surface area contributed by atoms with Gasteiger partial charge in [-0.05, 0) is 24.5 Å². The van der Waals surface area contributed by atoms with E-state index in [-0.39, 0.29) is 11.4 Å². The summed E-state index contributed by atoms with van der Waals surface area (Å²) in [6.07, 6.45) is 0.835. The minimum Gasteiger partial charge on any atom is -0.494 e. The zero-order valence-electron chi connectivity index (χ0n) is 14.4. The lowest BCUT2D eigenvalue weighted by Gasteiger charge is -2.25. The summed E-state index contributed by atoms with van der Waals surface area (Å²) < 4.78 is 2.12. The fraction of sp³-hybridized carbons (Fsp3) is 0.333. The van der Waals surface area contributed by atoms with E-state index in [0.717, 1.165) is 43.3 Å². The molecule has 1 aliphatic rings. The van der Waals surface area contributed by atoms with Gasteiger partial charge in [0.15, 0.2) is 0 Å². The van der Waals surface area contributed by atoms with Gasteiger partial charge in [-0.1, -0.05) is 18.2 Å². The molecule has 0 bridgehead atoms. The molecule has 0 amide bonds. The molecule has 0 spiro atoms. The van der Waals surface area contributed by atoms with Crippen LogP contribution in [0.25, 0.3) is 10.9 Å². The number of nitrogens with zero attached hydrogens (tertiary/aromatic N) is 2. The summed E-state index contributed by atoms with van der Waals surface area (Å²) in [5, 5.41) is 14.9. The molecule has 3 N–H and O–H groups in total. The van der Waals surface area contributed by atoms with Crippen molar-refractivity contribution in [2.75, 3.05) is 6.54 Å². The molecule has 0 saturated heterocycles. The van der Waals surface area contributed by atoms with Gasteiger partial charge in [0.25, 0.3) is 5.56 Å². The number of fused-ring (bicyclic) bond motifs is 3. The number of aromatic amines is 1. The number of nitrogens with one attached hydrogen (secondary N) is 2. The van der Waals surface area contributed by atoms with Crippen LogP contribution in [0, 0.1) is 6.92 Å². The molecule has 1 aliphatic heterocycles. The molecule has 2 aromatic heterocycles. The van der Waals surface area contributed by atoms with Crippen molar-refractivity contribution in [3.05, 3.63) is 61.4 Å². The molecule has 25 heavy (non-hydrogen) atoms. The van der Waals surface area contributed by atoms with Crippen molar-refractivity contribution in [2.24, 2.45) is 14.1 Å². The van der Waals surface area contributed by atoms with Crippen LogP contribution in [0.2, 0.25) is 0 Å². The van der Waals surface area contributed by atoms with Crippen LogP contribution >= 0.6 is 0 Å². The van der Waals surface area contributed by atoms with Gasteiger partial charge in [-0.25, -0.2) is 4.79 Å². The molecule has 1 unspecified atom stereocenters. The first kappa shape index (κ1) is 15.7. The van der Waals surface area contributed by atoms with E-state index in [9.17, 15) is 14.7 Å². The van der Waals surface area contributed by atoms with Gasteiger partial charge in [0, 0.05) is 37.2 Å². The van der Waals surface area contributed by atoms with Crippen LogP contribution in [0.5, 0.6) is 5.88 Å². The minimum absolute atomic E-state index is 0.190. The number of hydrogen-bond acceptors (Lipinski definition) is 4. The Kier molecular flexibility index (Phi) is 3.36. The maximum atomic E-state index is 12.7. The fourth-order valence-corrected chi connectivity index (χ4v) is 3.76. The molecule has 0 radical (unpaired) electrons. The Labute approximate surface area is 143 Å². The maximum Gasteiger partial charge on any atom is 0.333 e. The Bertz CT molecular complexity index is 1120. The average molecular weight is 340 g/mol. The van der Waals surface area contributed by atoms with E-state index in [4.69, 9.17) is 0 Å². The Balaban J connectivity index is 2.03. The molecule has 0 saturated carbocycles. The number of H-pyrrole nitrogens is 1. The van der Waals surface area contributed by atoms with Crippen LogP contribution in [0.1, 0.15) is 28.4 Å². The van der Waals surface area contributed by atoms with Gasteiger partial charge in [0.2, 0.25) is 5.88 Å². The molecular weight excluding hydrogens is 320 g/mol. The molecular formula is C18H20N4O3. The first-order valence-corrected chi connectivity index (χ1v) is 8.24. The summed E-state index contributed by atoms with van der Waals surface area (Å²) in [5.74, 6) is -0.297. The van der Waals surface area contributed by atoms with Gasteiger partial charge in [-0.3, -0.25) is 13.9 Å². The van der Waals surface area contributed by atoms with Crippen molar-refractivity contribution >= 4 is 10.9 Å². The Hall–Kier alpha value is -2.80. The summed E-state index contributed by atoms with van der Waals surface area (Å²) in [7, 11) is 2.88. The maximum absolute atomic E-state index is 12.7. The van der Waals surface area contributed by atoms with Crippen molar-refractivity contribution < 1.29 is 5.11 Å². The average Bonchev–Trinajstić information content (AvgIpc) is 3.00. The van der Waals surface area contributed by atoms with E-state index < -0.39 is 17.3 Å².